The van der Waals surface area contributed by atoms with Crippen LogP contribution in [0.5, 0.6) is 0 Å². The largest absolute Gasteiger partial charge is 0.478 e. The molecule has 1 rings (SSSR count). The van der Waals surface area contributed by atoms with E-state index in [1.807, 2.05) is 0 Å². The normalized spacial score (nSPS) is 10.7. The lowest BCUT2D eigenvalue weighted by molar-refractivity contribution is 0.0328. The summed E-state index contributed by atoms with van der Waals surface area (Å²) in [7, 11) is 1.63. The smallest absolute Gasteiger partial charge is 0.338 e. The fraction of sp³-hybridized carbons (Fsp3) is 0.500. The fourth-order valence-electron chi connectivity index (χ4n) is 1.56. The standard InChI is InChI=1S/C14H19FO5/c1-18-6-3-7-19-8-9-20-10-11-4-2-5-12(13(11)15)14(16)17/h2,4-5H,3,6-10H2,1H3,(H,16,17). The van der Waals surface area contributed by atoms with Gasteiger partial charge in [0.1, 0.15) is 5.82 Å². The third-order valence-corrected chi connectivity index (χ3v) is 2.58. The molecule has 0 aliphatic rings. The molecule has 0 aromatic heterocycles. The highest BCUT2D eigenvalue weighted by Crippen LogP contribution is 2.13. The summed E-state index contributed by atoms with van der Waals surface area (Å²) in [5.74, 6) is -2.04. The summed E-state index contributed by atoms with van der Waals surface area (Å²) in [5, 5.41) is 8.79. The molecular weight excluding hydrogens is 267 g/mol. The van der Waals surface area contributed by atoms with Crippen molar-refractivity contribution in [3.63, 3.8) is 0 Å². The van der Waals surface area contributed by atoms with Crippen molar-refractivity contribution in [1.82, 2.24) is 0 Å². The van der Waals surface area contributed by atoms with Gasteiger partial charge in [-0.3, -0.25) is 0 Å². The molecule has 0 aliphatic carbocycles. The number of halogens is 1. The van der Waals surface area contributed by atoms with Gasteiger partial charge in [0.2, 0.25) is 0 Å². The van der Waals surface area contributed by atoms with E-state index in [2.05, 4.69) is 0 Å². The molecule has 1 aromatic rings. The van der Waals surface area contributed by atoms with E-state index in [1.165, 1.54) is 18.2 Å². The zero-order valence-electron chi connectivity index (χ0n) is 11.4. The molecule has 0 atom stereocenters. The number of rotatable bonds is 10. The van der Waals surface area contributed by atoms with Crippen LogP contribution in [0.1, 0.15) is 22.3 Å². The average Bonchev–Trinajstić information content (AvgIpc) is 2.43. The Labute approximate surface area is 117 Å². The minimum atomic E-state index is -1.29. The molecule has 0 radical (unpaired) electrons. The molecule has 0 amide bonds. The van der Waals surface area contributed by atoms with Crippen LogP contribution < -0.4 is 0 Å². The van der Waals surface area contributed by atoms with E-state index in [0.29, 0.717) is 26.4 Å². The zero-order valence-corrected chi connectivity index (χ0v) is 11.4. The van der Waals surface area contributed by atoms with Crippen LogP contribution in [0.25, 0.3) is 0 Å². The molecule has 0 saturated carbocycles. The van der Waals surface area contributed by atoms with Gasteiger partial charge in [-0.1, -0.05) is 12.1 Å². The summed E-state index contributed by atoms with van der Waals surface area (Å²) < 4.78 is 29.1. The minimum absolute atomic E-state index is 0.0222. The van der Waals surface area contributed by atoms with E-state index >= 15 is 0 Å². The van der Waals surface area contributed by atoms with Crippen LogP contribution in [-0.4, -0.2) is 44.6 Å². The number of carboxylic acid groups (broad SMARTS) is 1. The van der Waals surface area contributed by atoms with Crippen molar-refractivity contribution in [2.75, 3.05) is 33.5 Å². The topological polar surface area (TPSA) is 65.0 Å². The first-order valence-electron chi connectivity index (χ1n) is 6.32. The van der Waals surface area contributed by atoms with Crippen LogP contribution in [0.4, 0.5) is 4.39 Å². The SMILES string of the molecule is COCCCOCCOCc1cccc(C(=O)O)c1F. The van der Waals surface area contributed by atoms with E-state index in [-0.39, 0.29) is 17.7 Å². The molecule has 1 N–H and O–H groups in total. The van der Waals surface area contributed by atoms with Gasteiger partial charge in [-0.2, -0.15) is 0 Å². The number of methoxy groups -OCH3 is 1. The molecular formula is C14H19FO5. The number of hydrogen-bond acceptors (Lipinski definition) is 4. The van der Waals surface area contributed by atoms with Crippen LogP contribution in [0.3, 0.4) is 0 Å². The van der Waals surface area contributed by atoms with Crippen LogP contribution in [0.15, 0.2) is 18.2 Å². The third-order valence-electron chi connectivity index (χ3n) is 2.58. The Hall–Kier alpha value is -1.50. The molecule has 0 aliphatic heterocycles. The molecule has 0 unspecified atom stereocenters. The van der Waals surface area contributed by atoms with Gasteiger partial charge < -0.3 is 19.3 Å². The summed E-state index contributed by atoms with van der Waals surface area (Å²) >= 11 is 0. The quantitative estimate of drug-likeness (QED) is 0.667. The van der Waals surface area contributed by atoms with Gasteiger partial charge >= 0.3 is 5.97 Å². The van der Waals surface area contributed by atoms with E-state index in [9.17, 15) is 9.18 Å². The molecule has 1 aromatic carbocycles. The zero-order chi connectivity index (χ0) is 14.8. The van der Waals surface area contributed by atoms with Crippen molar-refractivity contribution < 1.29 is 28.5 Å². The molecule has 112 valence electrons. The molecule has 6 heteroatoms. The summed E-state index contributed by atoms with van der Waals surface area (Å²) in [6.45, 7) is 1.98. The number of aromatic carboxylic acids is 1. The van der Waals surface area contributed by atoms with Gasteiger partial charge in [0, 0.05) is 25.9 Å². The van der Waals surface area contributed by atoms with E-state index in [1.54, 1.807) is 7.11 Å². The van der Waals surface area contributed by atoms with E-state index < -0.39 is 11.8 Å². The highest BCUT2D eigenvalue weighted by atomic mass is 19.1. The fourth-order valence-corrected chi connectivity index (χ4v) is 1.56. The van der Waals surface area contributed by atoms with Crippen molar-refractivity contribution in [1.29, 1.82) is 0 Å². The number of hydrogen-bond donors (Lipinski definition) is 1. The van der Waals surface area contributed by atoms with Crippen LogP contribution in [0.2, 0.25) is 0 Å². The maximum absolute atomic E-state index is 13.7. The summed E-state index contributed by atoms with van der Waals surface area (Å²) in [4.78, 5) is 10.8. The first-order valence-corrected chi connectivity index (χ1v) is 6.32. The molecule has 0 fully saturated rings. The number of benzene rings is 1. The number of carbonyl (C=O) groups is 1. The molecule has 0 bridgehead atoms. The Bertz CT molecular complexity index is 422. The number of carboxylic acids is 1. The molecule has 0 saturated heterocycles. The van der Waals surface area contributed by atoms with Crippen molar-refractivity contribution >= 4 is 5.97 Å². The predicted molar refractivity (Wildman–Crippen MR) is 70.3 cm³/mol. The maximum Gasteiger partial charge on any atom is 0.338 e. The Kier molecular flexibility index (Phi) is 7.79. The molecule has 0 heterocycles. The highest BCUT2D eigenvalue weighted by molar-refractivity contribution is 5.88. The predicted octanol–water partition coefficient (Wildman–Crippen LogP) is 2.09. The molecule has 5 nitrogen and oxygen atoms in total. The van der Waals surface area contributed by atoms with E-state index in [4.69, 9.17) is 19.3 Å². The van der Waals surface area contributed by atoms with Gasteiger partial charge in [0.05, 0.1) is 25.4 Å². The minimum Gasteiger partial charge on any atom is -0.478 e. The first kappa shape index (κ1) is 16.6. The summed E-state index contributed by atoms with van der Waals surface area (Å²) in [5.41, 5.74) is -0.119. The average molecular weight is 286 g/mol. The van der Waals surface area contributed by atoms with Gasteiger partial charge in [0.25, 0.3) is 0 Å². The summed E-state index contributed by atoms with van der Waals surface area (Å²) in [6.07, 6.45) is 0.811. The Morgan fingerprint density at radius 1 is 1.20 bits per heavy atom. The lowest BCUT2D eigenvalue weighted by Gasteiger charge is -2.07. The van der Waals surface area contributed by atoms with Gasteiger partial charge in [-0.05, 0) is 12.5 Å². The second kappa shape index (κ2) is 9.41. The monoisotopic (exact) mass is 286 g/mol. The lowest BCUT2D eigenvalue weighted by Crippen LogP contribution is -2.08. The van der Waals surface area contributed by atoms with Crippen molar-refractivity contribution in [2.24, 2.45) is 0 Å². The van der Waals surface area contributed by atoms with Crippen molar-refractivity contribution in [3.8, 4) is 0 Å². The lowest BCUT2D eigenvalue weighted by atomic mass is 10.1. The molecule has 20 heavy (non-hydrogen) atoms. The Morgan fingerprint density at radius 2 is 1.95 bits per heavy atom. The maximum atomic E-state index is 13.7. The molecule has 0 spiro atoms. The van der Waals surface area contributed by atoms with Crippen LogP contribution in [-0.2, 0) is 20.8 Å². The second-order valence-electron chi connectivity index (χ2n) is 4.10. The second-order valence-corrected chi connectivity index (χ2v) is 4.10. The van der Waals surface area contributed by atoms with Crippen molar-refractivity contribution in [3.05, 3.63) is 35.1 Å². The van der Waals surface area contributed by atoms with Gasteiger partial charge in [-0.25, -0.2) is 9.18 Å². The van der Waals surface area contributed by atoms with E-state index in [0.717, 1.165) is 6.42 Å². The highest BCUT2D eigenvalue weighted by Gasteiger charge is 2.13. The van der Waals surface area contributed by atoms with Gasteiger partial charge in [-0.15, -0.1) is 0 Å². The summed E-state index contributed by atoms with van der Waals surface area (Å²) in [6, 6.07) is 4.22. The van der Waals surface area contributed by atoms with Gasteiger partial charge in [0.15, 0.2) is 0 Å². The van der Waals surface area contributed by atoms with Crippen LogP contribution in [0, 0.1) is 5.82 Å². The number of ether oxygens (including phenoxy) is 3. The van der Waals surface area contributed by atoms with Crippen LogP contribution >= 0.6 is 0 Å². The van der Waals surface area contributed by atoms with Crippen molar-refractivity contribution in [2.45, 2.75) is 13.0 Å². The Morgan fingerprint density at radius 3 is 2.65 bits per heavy atom. The third kappa shape index (κ3) is 5.64. The Balaban J connectivity index is 2.25. The first-order chi connectivity index (χ1) is 9.66.